The Labute approximate surface area is 105 Å². The normalized spacial score (nSPS) is 9.89. The van der Waals surface area contributed by atoms with Crippen molar-refractivity contribution in [2.75, 3.05) is 30.8 Å². The standard InChI is InChI=1S/C11H16N4O3/c1-3-14(7-11(16)13-2)10-5-4-8(15(17)18)6-9(10)12/h4-6H,3,7,12H2,1-2H3,(H,13,16). The molecule has 0 unspecified atom stereocenters. The van der Waals surface area contributed by atoms with Crippen molar-refractivity contribution in [2.45, 2.75) is 6.92 Å². The molecular formula is C11H16N4O3. The predicted molar refractivity (Wildman–Crippen MR) is 69.5 cm³/mol. The minimum Gasteiger partial charge on any atom is -0.397 e. The van der Waals surface area contributed by atoms with E-state index < -0.39 is 4.92 Å². The minimum atomic E-state index is -0.505. The molecule has 0 bridgehead atoms. The molecule has 0 heterocycles. The van der Waals surface area contributed by atoms with E-state index in [9.17, 15) is 14.9 Å². The van der Waals surface area contributed by atoms with Crippen LogP contribution in [0.3, 0.4) is 0 Å². The van der Waals surface area contributed by atoms with E-state index in [4.69, 9.17) is 5.73 Å². The SMILES string of the molecule is CCN(CC(=O)NC)c1ccc([N+](=O)[O-])cc1N. The molecule has 1 amide bonds. The van der Waals surface area contributed by atoms with Gasteiger partial charge in [-0.15, -0.1) is 0 Å². The molecule has 1 aromatic carbocycles. The molecule has 0 spiro atoms. The van der Waals surface area contributed by atoms with Crippen molar-refractivity contribution in [3.8, 4) is 0 Å². The number of nitro benzene ring substituents is 1. The van der Waals surface area contributed by atoms with Crippen molar-refractivity contribution in [3.63, 3.8) is 0 Å². The number of anilines is 2. The number of carbonyl (C=O) groups is 1. The largest absolute Gasteiger partial charge is 0.397 e. The lowest BCUT2D eigenvalue weighted by atomic mass is 10.2. The number of nitrogens with two attached hydrogens (primary N) is 1. The van der Waals surface area contributed by atoms with Gasteiger partial charge in [0.1, 0.15) is 0 Å². The first-order chi connectivity index (χ1) is 8.49. The first-order valence-corrected chi connectivity index (χ1v) is 5.49. The van der Waals surface area contributed by atoms with Gasteiger partial charge in [0.05, 0.1) is 22.8 Å². The van der Waals surface area contributed by atoms with Gasteiger partial charge in [-0.1, -0.05) is 0 Å². The van der Waals surface area contributed by atoms with Crippen LogP contribution in [0.15, 0.2) is 18.2 Å². The number of amides is 1. The zero-order valence-electron chi connectivity index (χ0n) is 10.3. The Balaban J connectivity index is 3.00. The summed E-state index contributed by atoms with van der Waals surface area (Å²) >= 11 is 0. The molecule has 0 saturated heterocycles. The van der Waals surface area contributed by atoms with Crippen LogP contribution in [0.5, 0.6) is 0 Å². The van der Waals surface area contributed by atoms with Crippen molar-refractivity contribution < 1.29 is 9.72 Å². The summed E-state index contributed by atoms with van der Waals surface area (Å²) < 4.78 is 0. The van der Waals surface area contributed by atoms with Gasteiger partial charge in [0.25, 0.3) is 5.69 Å². The maximum atomic E-state index is 11.3. The Bertz CT molecular complexity index is 462. The number of nitrogens with zero attached hydrogens (tertiary/aromatic N) is 2. The van der Waals surface area contributed by atoms with Gasteiger partial charge in [-0.2, -0.15) is 0 Å². The highest BCUT2D eigenvalue weighted by Gasteiger charge is 2.14. The average molecular weight is 252 g/mol. The molecule has 0 aromatic heterocycles. The number of hydrogen-bond acceptors (Lipinski definition) is 5. The highest BCUT2D eigenvalue weighted by atomic mass is 16.6. The molecule has 98 valence electrons. The monoisotopic (exact) mass is 252 g/mol. The van der Waals surface area contributed by atoms with Gasteiger partial charge < -0.3 is 16.0 Å². The molecule has 0 saturated carbocycles. The van der Waals surface area contributed by atoms with Crippen LogP contribution in [-0.2, 0) is 4.79 Å². The Morgan fingerprint density at radius 3 is 2.67 bits per heavy atom. The van der Waals surface area contributed by atoms with Crippen molar-refractivity contribution >= 4 is 23.0 Å². The van der Waals surface area contributed by atoms with E-state index in [0.29, 0.717) is 12.2 Å². The topological polar surface area (TPSA) is 102 Å². The van der Waals surface area contributed by atoms with Crippen LogP contribution in [0, 0.1) is 10.1 Å². The third kappa shape index (κ3) is 3.09. The van der Waals surface area contributed by atoms with E-state index in [1.165, 1.54) is 12.1 Å². The molecule has 0 aliphatic rings. The summed E-state index contributed by atoms with van der Waals surface area (Å²) in [6.45, 7) is 2.62. The van der Waals surface area contributed by atoms with Crippen LogP contribution in [0.1, 0.15) is 6.92 Å². The summed E-state index contributed by atoms with van der Waals surface area (Å²) in [5.74, 6) is -0.144. The molecule has 7 heteroatoms. The number of carbonyl (C=O) groups excluding carboxylic acids is 1. The van der Waals surface area contributed by atoms with Gasteiger partial charge in [-0.3, -0.25) is 14.9 Å². The Hall–Kier alpha value is -2.31. The van der Waals surface area contributed by atoms with Crippen molar-refractivity contribution in [3.05, 3.63) is 28.3 Å². The summed E-state index contributed by atoms with van der Waals surface area (Å²) in [6.07, 6.45) is 0. The molecular weight excluding hydrogens is 236 g/mol. The number of nitrogen functional groups attached to an aromatic ring is 1. The van der Waals surface area contributed by atoms with E-state index >= 15 is 0 Å². The summed E-state index contributed by atoms with van der Waals surface area (Å²) in [5.41, 5.74) is 6.62. The lowest BCUT2D eigenvalue weighted by Gasteiger charge is -2.23. The minimum absolute atomic E-state index is 0.0627. The zero-order chi connectivity index (χ0) is 13.7. The summed E-state index contributed by atoms with van der Waals surface area (Å²) in [5, 5.41) is 13.1. The van der Waals surface area contributed by atoms with Crippen molar-refractivity contribution in [1.82, 2.24) is 5.32 Å². The molecule has 0 atom stereocenters. The van der Waals surface area contributed by atoms with E-state index in [-0.39, 0.29) is 23.8 Å². The van der Waals surface area contributed by atoms with Gasteiger partial charge in [0.15, 0.2) is 0 Å². The van der Waals surface area contributed by atoms with Crippen LogP contribution in [0.4, 0.5) is 17.1 Å². The second kappa shape index (κ2) is 5.85. The molecule has 0 aliphatic heterocycles. The maximum Gasteiger partial charge on any atom is 0.271 e. The van der Waals surface area contributed by atoms with Crippen molar-refractivity contribution in [2.24, 2.45) is 0 Å². The lowest BCUT2D eigenvalue weighted by molar-refractivity contribution is -0.384. The smallest absolute Gasteiger partial charge is 0.271 e. The molecule has 18 heavy (non-hydrogen) atoms. The molecule has 3 N–H and O–H groups in total. The maximum absolute atomic E-state index is 11.3. The van der Waals surface area contributed by atoms with Gasteiger partial charge >= 0.3 is 0 Å². The summed E-state index contributed by atoms with van der Waals surface area (Å²) in [4.78, 5) is 23.2. The van der Waals surface area contributed by atoms with Crippen LogP contribution >= 0.6 is 0 Å². The van der Waals surface area contributed by atoms with Crippen LogP contribution in [0.2, 0.25) is 0 Å². The van der Waals surface area contributed by atoms with E-state index in [2.05, 4.69) is 5.32 Å². The van der Waals surface area contributed by atoms with Crippen LogP contribution in [-0.4, -0.2) is 31.0 Å². The zero-order valence-corrected chi connectivity index (χ0v) is 10.3. The molecule has 1 rings (SSSR count). The van der Waals surface area contributed by atoms with E-state index in [0.717, 1.165) is 0 Å². The summed E-state index contributed by atoms with van der Waals surface area (Å²) in [7, 11) is 1.55. The number of likely N-dealkylation sites (N-methyl/N-ethyl adjacent to an activating group) is 2. The third-order valence-electron chi connectivity index (χ3n) is 2.56. The van der Waals surface area contributed by atoms with Gasteiger partial charge in [-0.25, -0.2) is 0 Å². The second-order valence-corrected chi connectivity index (χ2v) is 3.69. The molecule has 0 aliphatic carbocycles. The second-order valence-electron chi connectivity index (χ2n) is 3.69. The third-order valence-corrected chi connectivity index (χ3v) is 2.56. The fourth-order valence-corrected chi connectivity index (χ4v) is 1.56. The van der Waals surface area contributed by atoms with E-state index in [1.54, 1.807) is 18.0 Å². The average Bonchev–Trinajstić information content (AvgIpc) is 2.35. The van der Waals surface area contributed by atoms with Gasteiger partial charge in [0, 0.05) is 25.7 Å². The predicted octanol–water partition coefficient (Wildman–Crippen LogP) is 0.749. The van der Waals surface area contributed by atoms with E-state index in [1.807, 2.05) is 6.92 Å². The Morgan fingerprint density at radius 2 is 2.22 bits per heavy atom. The van der Waals surface area contributed by atoms with Crippen LogP contribution < -0.4 is 16.0 Å². The molecule has 7 nitrogen and oxygen atoms in total. The van der Waals surface area contributed by atoms with Crippen LogP contribution in [0.25, 0.3) is 0 Å². The van der Waals surface area contributed by atoms with Gasteiger partial charge in [0.2, 0.25) is 5.91 Å². The number of hydrogen-bond donors (Lipinski definition) is 2. The number of rotatable bonds is 5. The number of nitro groups is 1. The highest BCUT2D eigenvalue weighted by molar-refractivity contribution is 5.83. The fourth-order valence-electron chi connectivity index (χ4n) is 1.56. The highest BCUT2D eigenvalue weighted by Crippen LogP contribution is 2.27. The first-order valence-electron chi connectivity index (χ1n) is 5.49. The number of nitrogens with one attached hydrogen (secondary N) is 1. The lowest BCUT2D eigenvalue weighted by Crippen LogP contribution is -2.35. The quantitative estimate of drug-likeness (QED) is 0.457. The fraction of sp³-hybridized carbons (Fsp3) is 0.364. The molecule has 1 aromatic rings. The Kier molecular flexibility index (Phi) is 4.47. The number of non-ortho nitro benzene ring substituents is 1. The Morgan fingerprint density at radius 1 is 1.56 bits per heavy atom. The first kappa shape index (κ1) is 13.8. The number of benzene rings is 1. The van der Waals surface area contributed by atoms with Gasteiger partial charge in [-0.05, 0) is 13.0 Å². The summed E-state index contributed by atoms with van der Waals surface area (Å²) in [6, 6.07) is 4.22. The molecule has 0 radical (unpaired) electrons. The van der Waals surface area contributed by atoms with Crippen molar-refractivity contribution in [1.29, 1.82) is 0 Å². The molecule has 0 fully saturated rings.